The first kappa shape index (κ1) is 13.1. The van der Waals surface area contributed by atoms with Crippen LogP contribution in [0.4, 0.5) is 4.39 Å². The molecule has 1 aliphatic rings. The lowest BCUT2D eigenvalue weighted by molar-refractivity contribution is 0.0652. The highest BCUT2D eigenvalue weighted by Gasteiger charge is 2.29. The van der Waals surface area contributed by atoms with E-state index in [0.29, 0.717) is 12.2 Å². The highest BCUT2D eigenvalue weighted by Crippen LogP contribution is 2.41. The fourth-order valence-corrected chi connectivity index (χ4v) is 2.72. The van der Waals surface area contributed by atoms with Gasteiger partial charge in [-0.3, -0.25) is 0 Å². The van der Waals surface area contributed by atoms with Crippen molar-refractivity contribution in [1.82, 2.24) is 0 Å². The van der Waals surface area contributed by atoms with Gasteiger partial charge in [-0.05, 0) is 49.2 Å². The summed E-state index contributed by atoms with van der Waals surface area (Å²) in [6, 6.07) is 10.4. The lowest BCUT2D eigenvalue weighted by atomic mass is 9.92. The quantitative estimate of drug-likeness (QED) is 0.850. The van der Waals surface area contributed by atoms with Crippen LogP contribution in [0.15, 0.2) is 36.4 Å². The van der Waals surface area contributed by atoms with Crippen LogP contribution in [-0.2, 0) is 0 Å². The van der Waals surface area contributed by atoms with Gasteiger partial charge in [0.25, 0.3) is 0 Å². The third kappa shape index (κ3) is 2.29. The van der Waals surface area contributed by atoms with E-state index < -0.39 is 6.10 Å². The van der Waals surface area contributed by atoms with Crippen molar-refractivity contribution < 1.29 is 14.2 Å². The normalized spacial score (nSPS) is 21.2. The predicted octanol–water partition coefficient (Wildman–Crippen LogP) is 4.00. The van der Waals surface area contributed by atoms with E-state index in [9.17, 15) is 9.50 Å². The molecule has 0 fully saturated rings. The molecule has 0 radical (unpaired) electrons. The number of aliphatic hydroxyl groups is 1. The number of hydrogen-bond donors (Lipinski definition) is 1. The molecule has 2 atom stereocenters. The summed E-state index contributed by atoms with van der Waals surface area (Å²) in [4.78, 5) is 0. The lowest BCUT2D eigenvalue weighted by Crippen LogP contribution is -2.20. The maximum absolute atomic E-state index is 13.4. The molecule has 3 heteroatoms. The van der Waals surface area contributed by atoms with Crippen LogP contribution in [0.25, 0.3) is 0 Å². The molecule has 0 saturated carbocycles. The maximum Gasteiger partial charge on any atom is 0.127 e. The smallest absolute Gasteiger partial charge is 0.127 e. The Bertz CT molecular complexity index is 651. The minimum atomic E-state index is -0.577. The number of rotatable bonds is 1. The van der Waals surface area contributed by atoms with Gasteiger partial charge in [-0.15, -0.1) is 0 Å². The Morgan fingerprint density at radius 1 is 1.10 bits per heavy atom. The van der Waals surface area contributed by atoms with Crippen LogP contribution in [0.5, 0.6) is 5.75 Å². The van der Waals surface area contributed by atoms with E-state index in [-0.39, 0.29) is 11.9 Å². The molecule has 1 heterocycles. The van der Waals surface area contributed by atoms with Crippen molar-refractivity contribution in [3.05, 3.63) is 64.5 Å². The van der Waals surface area contributed by atoms with E-state index in [1.807, 2.05) is 32.0 Å². The number of fused-ring (bicyclic) bond motifs is 1. The molecule has 1 aliphatic heterocycles. The zero-order valence-electron chi connectivity index (χ0n) is 11.6. The highest BCUT2D eigenvalue weighted by molar-refractivity contribution is 5.42. The SMILES string of the molecule is Cc1ccc2c(c1)[C@H](O)CC(c1cc(F)ccc1C)O2. The zero-order chi connectivity index (χ0) is 14.3. The molecule has 0 amide bonds. The van der Waals surface area contributed by atoms with Crippen molar-refractivity contribution in [1.29, 1.82) is 0 Å². The van der Waals surface area contributed by atoms with Crippen LogP contribution in [0.3, 0.4) is 0 Å². The van der Waals surface area contributed by atoms with Gasteiger partial charge >= 0.3 is 0 Å². The van der Waals surface area contributed by atoms with Crippen molar-refractivity contribution in [2.75, 3.05) is 0 Å². The molecular weight excluding hydrogens is 255 g/mol. The molecule has 0 saturated heterocycles. The molecule has 0 aromatic heterocycles. The number of aliphatic hydroxyl groups excluding tert-OH is 1. The van der Waals surface area contributed by atoms with Crippen molar-refractivity contribution >= 4 is 0 Å². The van der Waals surface area contributed by atoms with Gasteiger partial charge in [0.05, 0.1) is 6.10 Å². The summed E-state index contributed by atoms with van der Waals surface area (Å²) in [7, 11) is 0. The van der Waals surface area contributed by atoms with Crippen LogP contribution in [0.2, 0.25) is 0 Å². The molecule has 1 unspecified atom stereocenters. The minimum Gasteiger partial charge on any atom is -0.485 e. The Balaban J connectivity index is 1.99. The molecule has 2 nitrogen and oxygen atoms in total. The average Bonchev–Trinajstić information content (AvgIpc) is 2.42. The first-order chi connectivity index (χ1) is 9.54. The van der Waals surface area contributed by atoms with E-state index in [4.69, 9.17) is 4.74 Å². The van der Waals surface area contributed by atoms with Gasteiger partial charge in [-0.1, -0.05) is 17.7 Å². The van der Waals surface area contributed by atoms with Gasteiger partial charge in [0.2, 0.25) is 0 Å². The second-order valence-electron chi connectivity index (χ2n) is 5.40. The van der Waals surface area contributed by atoms with Crippen LogP contribution in [-0.4, -0.2) is 5.11 Å². The minimum absolute atomic E-state index is 0.279. The topological polar surface area (TPSA) is 29.5 Å². The number of hydrogen-bond acceptors (Lipinski definition) is 2. The van der Waals surface area contributed by atoms with E-state index in [1.54, 1.807) is 6.07 Å². The number of benzene rings is 2. The second kappa shape index (κ2) is 4.91. The monoisotopic (exact) mass is 272 g/mol. The Labute approximate surface area is 117 Å². The predicted molar refractivity (Wildman–Crippen MR) is 75.3 cm³/mol. The molecule has 2 aromatic carbocycles. The first-order valence-corrected chi connectivity index (χ1v) is 6.76. The summed E-state index contributed by atoms with van der Waals surface area (Å²) in [6.07, 6.45) is -0.442. The Morgan fingerprint density at radius 2 is 1.90 bits per heavy atom. The van der Waals surface area contributed by atoms with Gasteiger partial charge < -0.3 is 9.84 Å². The van der Waals surface area contributed by atoms with E-state index in [1.165, 1.54) is 12.1 Å². The number of aryl methyl sites for hydroxylation is 2. The zero-order valence-corrected chi connectivity index (χ0v) is 11.6. The highest BCUT2D eigenvalue weighted by atomic mass is 19.1. The standard InChI is InChI=1S/C17H17FO2/c1-10-3-6-16-14(7-10)15(19)9-17(20-16)13-8-12(18)5-4-11(13)2/h3-8,15,17,19H,9H2,1-2H3/t15-,17?/m1/s1. The van der Waals surface area contributed by atoms with E-state index in [2.05, 4.69) is 0 Å². The summed E-state index contributed by atoms with van der Waals surface area (Å²) >= 11 is 0. The third-order valence-electron chi connectivity index (χ3n) is 3.82. The summed E-state index contributed by atoms with van der Waals surface area (Å²) in [5.41, 5.74) is 3.68. The lowest BCUT2D eigenvalue weighted by Gasteiger charge is -2.31. The van der Waals surface area contributed by atoms with Crippen LogP contribution < -0.4 is 4.74 Å². The summed E-state index contributed by atoms with van der Waals surface area (Å²) in [5.74, 6) is 0.404. The van der Waals surface area contributed by atoms with Crippen LogP contribution >= 0.6 is 0 Å². The van der Waals surface area contributed by atoms with E-state index >= 15 is 0 Å². The Hall–Kier alpha value is -1.87. The van der Waals surface area contributed by atoms with Crippen molar-refractivity contribution in [3.8, 4) is 5.75 Å². The second-order valence-corrected chi connectivity index (χ2v) is 5.40. The number of halogens is 1. The van der Waals surface area contributed by atoms with Gasteiger partial charge in [0, 0.05) is 12.0 Å². The van der Waals surface area contributed by atoms with E-state index in [0.717, 1.165) is 22.3 Å². The van der Waals surface area contributed by atoms with Crippen molar-refractivity contribution in [2.24, 2.45) is 0 Å². The molecular formula is C17H17FO2. The fourth-order valence-electron chi connectivity index (χ4n) is 2.72. The average molecular weight is 272 g/mol. The third-order valence-corrected chi connectivity index (χ3v) is 3.82. The molecule has 104 valence electrons. The molecule has 3 rings (SSSR count). The van der Waals surface area contributed by atoms with Gasteiger partial charge in [0.15, 0.2) is 0 Å². The summed E-state index contributed by atoms with van der Waals surface area (Å²) in [5, 5.41) is 10.3. The van der Waals surface area contributed by atoms with Gasteiger partial charge in [0.1, 0.15) is 17.7 Å². The first-order valence-electron chi connectivity index (χ1n) is 6.76. The van der Waals surface area contributed by atoms with Crippen LogP contribution in [0, 0.1) is 19.7 Å². The molecule has 0 bridgehead atoms. The molecule has 20 heavy (non-hydrogen) atoms. The molecule has 0 aliphatic carbocycles. The molecule has 1 N–H and O–H groups in total. The van der Waals surface area contributed by atoms with Crippen molar-refractivity contribution in [3.63, 3.8) is 0 Å². The molecule has 2 aromatic rings. The molecule has 0 spiro atoms. The van der Waals surface area contributed by atoms with Crippen molar-refractivity contribution in [2.45, 2.75) is 32.5 Å². The Morgan fingerprint density at radius 3 is 2.70 bits per heavy atom. The van der Waals surface area contributed by atoms with Gasteiger partial charge in [-0.2, -0.15) is 0 Å². The van der Waals surface area contributed by atoms with Gasteiger partial charge in [-0.25, -0.2) is 4.39 Å². The Kier molecular flexibility index (Phi) is 3.22. The largest absolute Gasteiger partial charge is 0.485 e. The fraction of sp³-hybridized carbons (Fsp3) is 0.294. The summed E-state index contributed by atoms with van der Waals surface area (Å²) < 4.78 is 19.4. The summed E-state index contributed by atoms with van der Waals surface area (Å²) in [6.45, 7) is 3.91. The number of ether oxygens (including phenoxy) is 1. The van der Waals surface area contributed by atoms with Crippen LogP contribution in [0.1, 0.15) is 40.9 Å². The maximum atomic E-state index is 13.4.